The van der Waals surface area contributed by atoms with Gasteiger partial charge in [-0.1, -0.05) is 6.07 Å². The van der Waals surface area contributed by atoms with Crippen molar-refractivity contribution in [1.29, 1.82) is 0 Å². The SMILES string of the molecule is CC(=O)NCC1C=C(c2ccc(N3CCNCC3)c(F)c2)NO1. The Labute approximate surface area is 134 Å². The number of rotatable bonds is 4. The van der Waals surface area contributed by atoms with E-state index in [0.717, 1.165) is 31.7 Å². The van der Waals surface area contributed by atoms with Crippen LogP contribution in [0.3, 0.4) is 0 Å². The van der Waals surface area contributed by atoms with E-state index in [9.17, 15) is 9.18 Å². The minimum absolute atomic E-state index is 0.109. The molecule has 2 aliphatic heterocycles. The van der Waals surface area contributed by atoms with Gasteiger partial charge in [0.05, 0.1) is 17.9 Å². The van der Waals surface area contributed by atoms with Crippen molar-refractivity contribution in [2.24, 2.45) is 0 Å². The fourth-order valence-electron chi connectivity index (χ4n) is 2.73. The number of hydrogen-bond donors (Lipinski definition) is 3. The second-order valence-corrected chi connectivity index (χ2v) is 5.68. The fraction of sp³-hybridized carbons (Fsp3) is 0.438. The number of carbonyl (C=O) groups is 1. The number of benzene rings is 1. The Morgan fingerprint density at radius 1 is 1.43 bits per heavy atom. The molecule has 1 atom stereocenters. The normalized spacial score (nSPS) is 20.9. The van der Waals surface area contributed by atoms with E-state index in [1.54, 1.807) is 6.07 Å². The topological polar surface area (TPSA) is 65.6 Å². The Hall–Kier alpha value is -2.12. The minimum atomic E-state index is -0.259. The molecule has 124 valence electrons. The summed E-state index contributed by atoms with van der Waals surface area (Å²) in [6, 6.07) is 5.20. The highest BCUT2D eigenvalue weighted by molar-refractivity contribution is 5.73. The van der Waals surface area contributed by atoms with E-state index in [2.05, 4.69) is 16.1 Å². The van der Waals surface area contributed by atoms with Gasteiger partial charge >= 0.3 is 0 Å². The number of hydroxylamine groups is 1. The molecule has 1 fully saturated rings. The monoisotopic (exact) mass is 320 g/mol. The maximum Gasteiger partial charge on any atom is 0.216 e. The zero-order valence-corrected chi connectivity index (χ0v) is 13.1. The second-order valence-electron chi connectivity index (χ2n) is 5.68. The van der Waals surface area contributed by atoms with Gasteiger partial charge in [0.25, 0.3) is 0 Å². The molecular weight excluding hydrogens is 299 g/mol. The summed E-state index contributed by atoms with van der Waals surface area (Å²) in [6.45, 7) is 5.18. The molecule has 2 heterocycles. The molecule has 23 heavy (non-hydrogen) atoms. The first-order valence-electron chi connectivity index (χ1n) is 7.77. The van der Waals surface area contributed by atoms with Crippen LogP contribution in [0.5, 0.6) is 0 Å². The number of amides is 1. The summed E-state index contributed by atoms with van der Waals surface area (Å²) >= 11 is 0. The summed E-state index contributed by atoms with van der Waals surface area (Å²) in [5, 5.41) is 5.94. The summed E-state index contributed by atoms with van der Waals surface area (Å²) in [5.41, 5.74) is 4.86. The van der Waals surface area contributed by atoms with Gasteiger partial charge in [-0.05, 0) is 18.2 Å². The van der Waals surface area contributed by atoms with Crippen molar-refractivity contribution < 1.29 is 14.0 Å². The molecule has 3 rings (SSSR count). The molecule has 1 unspecified atom stereocenters. The molecule has 1 amide bonds. The van der Waals surface area contributed by atoms with Crippen LogP contribution in [0.4, 0.5) is 10.1 Å². The number of carbonyl (C=O) groups excluding carboxylic acids is 1. The Bertz CT molecular complexity index is 614. The van der Waals surface area contributed by atoms with Crippen LogP contribution in [0.2, 0.25) is 0 Å². The van der Waals surface area contributed by atoms with E-state index in [0.29, 0.717) is 17.9 Å². The maximum absolute atomic E-state index is 14.4. The molecule has 1 aromatic rings. The van der Waals surface area contributed by atoms with Gasteiger partial charge < -0.3 is 15.5 Å². The first-order valence-corrected chi connectivity index (χ1v) is 7.77. The lowest BCUT2D eigenvalue weighted by atomic mass is 10.1. The molecule has 0 bridgehead atoms. The van der Waals surface area contributed by atoms with Crippen molar-refractivity contribution in [3.8, 4) is 0 Å². The Balaban J connectivity index is 1.70. The second kappa shape index (κ2) is 6.97. The van der Waals surface area contributed by atoms with Crippen LogP contribution in [0.25, 0.3) is 5.70 Å². The number of piperazine rings is 1. The quantitative estimate of drug-likeness (QED) is 0.759. The highest BCUT2D eigenvalue weighted by Gasteiger charge is 2.20. The summed E-state index contributed by atoms with van der Waals surface area (Å²) in [5.74, 6) is -0.348. The highest BCUT2D eigenvalue weighted by atomic mass is 19.1. The lowest BCUT2D eigenvalue weighted by Gasteiger charge is -2.29. The molecule has 2 aliphatic rings. The first-order chi connectivity index (χ1) is 11.1. The van der Waals surface area contributed by atoms with Gasteiger partial charge in [0.1, 0.15) is 11.9 Å². The lowest BCUT2D eigenvalue weighted by molar-refractivity contribution is -0.119. The van der Waals surface area contributed by atoms with Gasteiger partial charge in [0, 0.05) is 38.7 Å². The molecule has 0 aliphatic carbocycles. The smallest absolute Gasteiger partial charge is 0.216 e. The largest absolute Gasteiger partial charge is 0.367 e. The third-order valence-electron chi connectivity index (χ3n) is 3.94. The van der Waals surface area contributed by atoms with Gasteiger partial charge in [0.15, 0.2) is 0 Å². The number of nitrogens with zero attached hydrogens (tertiary/aromatic N) is 1. The van der Waals surface area contributed by atoms with Gasteiger partial charge in [-0.25, -0.2) is 4.39 Å². The molecular formula is C16H21FN4O2. The molecule has 7 heteroatoms. The zero-order chi connectivity index (χ0) is 16.2. The molecule has 0 radical (unpaired) electrons. The van der Waals surface area contributed by atoms with Crippen LogP contribution in [0, 0.1) is 5.82 Å². The van der Waals surface area contributed by atoms with Gasteiger partial charge in [-0.15, -0.1) is 0 Å². The van der Waals surface area contributed by atoms with Crippen molar-refractivity contribution in [2.45, 2.75) is 13.0 Å². The zero-order valence-electron chi connectivity index (χ0n) is 13.1. The average Bonchev–Trinajstić information content (AvgIpc) is 3.02. The lowest BCUT2D eigenvalue weighted by Crippen LogP contribution is -2.43. The molecule has 3 N–H and O–H groups in total. The maximum atomic E-state index is 14.4. The summed E-state index contributed by atoms with van der Waals surface area (Å²) in [4.78, 5) is 18.3. The van der Waals surface area contributed by atoms with Crippen LogP contribution in [-0.4, -0.2) is 44.7 Å². The van der Waals surface area contributed by atoms with E-state index >= 15 is 0 Å². The van der Waals surface area contributed by atoms with Crippen LogP contribution >= 0.6 is 0 Å². The molecule has 1 aromatic carbocycles. The van der Waals surface area contributed by atoms with E-state index in [1.807, 2.05) is 17.0 Å². The summed E-state index contributed by atoms with van der Waals surface area (Å²) in [7, 11) is 0. The predicted octanol–water partition coefficient (Wildman–Crippen LogP) is 0.616. The summed E-state index contributed by atoms with van der Waals surface area (Å²) in [6.07, 6.45) is 1.58. The van der Waals surface area contributed by atoms with Crippen molar-refractivity contribution in [3.63, 3.8) is 0 Å². The minimum Gasteiger partial charge on any atom is -0.367 e. The number of nitrogens with one attached hydrogen (secondary N) is 3. The van der Waals surface area contributed by atoms with Crippen molar-refractivity contribution >= 4 is 17.3 Å². The third kappa shape index (κ3) is 3.80. The highest BCUT2D eigenvalue weighted by Crippen LogP contribution is 2.25. The van der Waals surface area contributed by atoms with Crippen molar-refractivity contribution in [1.82, 2.24) is 16.1 Å². The third-order valence-corrected chi connectivity index (χ3v) is 3.94. The van der Waals surface area contributed by atoms with Crippen molar-refractivity contribution in [2.75, 3.05) is 37.6 Å². The Morgan fingerprint density at radius 2 is 2.22 bits per heavy atom. The molecule has 0 spiro atoms. The molecule has 0 saturated carbocycles. The van der Waals surface area contributed by atoms with Gasteiger partial charge in [-0.2, -0.15) is 0 Å². The van der Waals surface area contributed by atoms with Crippen LogP contribution < -0.4 is 21.0 Å². The van der Waals surface area contributed by atoms with Crippen molar-refractivity contribution in [3.05, 3.63) is 35.7 Å². The molecule has 1 saturated heterocycles. The van der Waals surface area contributed by atoms with E-state index in [4.69, 9.17) is 4.84 Å². The summed E-state index contributed by atoms with van der Waals surface area (Å²) < 4.78 is 14.4. The first kappa shape index (κ1) is 15.8. The van der Waals surface area contributed by atoms with E-state index < -0.39 is 0 Å². The molecule has 0 aromatic heterocycles. The fourth-order valence-corrected chi connectivity index (χ4v) is 2.73. The van der Waals surface area contributed by atoms with Crippen LogP contribution in [0.1, 0.15) is 12.5 Å². The Kier molecular flexibility index (Phi) is 4.78. The number of halogens is 1. The average molecular weight is 320 g/mol. The predicted molar refractivity (Wildman–Crippen MR) is 86.2 cm³/mol. The van der Waals surface area contributed by atoms with Crippen LogP contribution in [0.15, 0.2) is 24.3 Å². The van der Waals surface area contributed by atoms with Gasteiger partial charge in [0.2, 0.25) is 5.91 Å². The molecule has 6 nitrogen and oxygen atoms in total. The van der Waals surface area contributed by atoms with E-state index in [1.165, 1.54) is 13.0 Å². The number of hydrogen-bond acceptors (Lipinski definition) is 5. The van der Waals surface area contributed by atoms with E-state index in [-0.39, 0.29) is 17.8 Å². The number of anilines is 1. The Morgan fingerprint density at radius 3 is 2.91 bits per heavy atom. The van der Waals surface area contributed by atoms with Crippen LogP contribution in [-0.2, 0) is 9.63 Å². The van der Waals surface area contributed by atoms with Gasteiger partial charge in [-0.3, -0.25) is 15.1 Å². The standard InChI is InChI=1S/C16H21FN4O2/c1-11(22)19-10-13-9-15(20-23-13)12-2-3-16(14(17)8-12)21-6-4-18-5-7-21/h2-3,8-9,13,18,20H,4-7,10H2,1H3,(H,19,22).